The van der Waals surface area contributed by atoms with Gasteiger partial charge in [0.25, 0.3) is 0 Å². The Balaban J connectivity index is 3.94. The molecule has 0 aromatic rings. The summed E-state index contributed by atoms with van der Waals surface area (Å²) >= 11 is 0. The quantitative estimate of drug-likeness (QED) is 0.646. The molecule has 0 amide bonds. The molecule has 0 aromatic carbocycles. The van der Waals surface area contributed by atoms with Crippen LogP contribution in [0.3, 0.4) is 0 Å². The third-order valence-corrected chi connectivity index (χ3v) is 1.84. The van der Waals surface area contributed by atoms with Gasteiger partial charge >= 0.3 is 0 Å². The second-order valence-corrected chi connectivity index (χ2v) is 3.13. The van der Waals surface area contributed by atoms with E-state index in [2.05, 4.69) is 0 Å². The van der Waals surface area contributed by atoms with Crippen molar-refractivity contribution in [2.24, 2.45) is 11.8 Å². The van der Waals surface area contributed by atoms with Gasteiger partial charge in [-0.15, -0.1) is 0 Å². The van der Waals surface area contributed by atoms with Gasteiger partial charge in [0.15, 0.2) is 0 Å². The van der Waals surface area contributed by atoms with Crippen LogP contribution in [0, 0.1) is 11.8 Å². The van der Waals surface area contributed by atoms with Gasteiger partial charge in [-0.1, -0.05) is 20.8 Å². The van der Waals surface area contributed by atoms with Crippen molar-refractivity contribution in [3.63, 3.8) is 0 Å². The summed E-state index contributed by atoms with van der Waals surface area (Å²) in [5, 5.41) is 9.34. The van der Waals surface area contributed by atoms with Gasteiger partial charge in [0.1, 0.15) is 5.78 Å². The maximum absolute atomic E-state index is 10.7. The number of aliphatic hydroxyl groups excluding tert-OH is 1. The number of hydrogen-bond acceptors (Lipinski definition) is 2. The zero-order chi connectivity index (χ0) is 8.31. The van der Waals surface area contributed by atoms with E-state index in [1.807, 2.05) is 13.8 Å². The van der Waals surface area contributed by atoms with Crippen molar-refractivity contribution in [1.82, 2.24) is 0 Å². The first-order valence-electron chi connectivity index (χ1n) is 3.65. The standard InChI is InChI=1S/C8H16O2/c1-5(2)8(10)6(3)7(4)9/h5-6,8,10H,1-4H3/t6-,8+/m1/s1. The van der Waals surface area contributed by atoms with Crippen molar-refractivity contribution < 1.29 is 9.90 Å². The zero-order valence-electron chi connectivity index (χ0n) is 7.09. The van der Waals surface area contributed by atoms with Crippen LogP contribution in [0.1, 0.15) is 27.7 Å². The van der Waals surface area contributed by atoms with E-state index in [9.17, 15) is 9.90 Å². The highest BCUT2D eigenvalue weighted by Crippen LogP contribution is 2.12. The average molecular weight is 144 g/mol. The van der Waals surface area contributed by atoms with Gasteiger partial charge in [-0.3, -0.25) is 4.79 Å². The molecule has 0 fully saturated rings. The van der Waals surface area contributed by atoms with E-state index in [0.29, 0.717) is 0 Å². The van der Waals surface area contributed by atoms with E-state index in [4.69, 9.17) is 0 Å². The second kappa shape index (κ2) is 3.71. The monoisotopic (exact) mass is 144 g/mol. The zero-order valence-corrected chi connectivity index (χ0v) is 7.09. The van der Waals surface area contributed by atoms with Gasteiger partial charge < -0.3 is 5.11 Å². The van der Waals surface area contributed by atoms with E-state index >= 15 is 0 Å². The van der Waals surface area contributed by atoms with Gasteiger partial charge in [-0.05, 0) is 12.8 Å². The molecule has 0 heterocycles. The van der Waals surface area contributed by atoms with Crippen LogP contribution >= 0.6 is 0 Å². The van der Waals surface area contributed by atoms with Gasteiger partial charge in [0, 0.05) is 5.92 Å². The lowest BCUT2D eigenvalue weighted by Crippen LogP contribution is -2.28. The van der Waals surface area contributed by atoms with E-state index in [0.717, 1.165) is 0 Å². The van der Waals surface area contributed by atoms with Crippen LogP contribution in [0.4, 0.5) is 0 Å². The summed E-state index contributed by atoms with van der Waals surface area (Å²) in [5.41, 5.74) is 0. The van der Waals surface area contributed by atoms with Gasteiger partial charge in [0.05, 0.1) is 6.10 Å². The Morgan fingerprint density at radius 3 is 1.80 bits per heavy atom. The van der Waals surface area contributed by atoms with Crippen molar-refractivity contribution in [3.8, 4) is 0 Å². The van der Waals surface area contributed by atoms with Crippen LogP contribution in [0.15, 0.2) is 0 Å². The minimum absolute atomic E-state index is 0.0567. The number of ketones is 1. The van der Waals surface area contributed by atoms with Crippen LogP contribution < -0.4 is 0 Å². The summed E-state index contributed by atoms with van der Waals surface area (Å²) in [6, 6.07) is 0. The first-order valence-corrected chi connectivity index (χ1v) is 3.65. The Hall–Kier alpha value is -0.370. The smallest absolute Gasteiger partial charge is 0.135 e. The third kappa shape index (κ3) is 2.48. The molecule has 0 bridgehead atoms. The van der Waals surface area contributed by atoms with Crippen LogP contribution in [-0.2, 0) is 4.79 Å². The molecule has 0 saturated heterocycles. The van der Waals surface area contributed by atoms with E-state index < -0.39 is 6.10 Å². The molecule has 0 saturated carbocycles. The third-order valence-electron chi connectivity index (χ3n) is 1.84. The highest BCUT2D eigenvalue weighted by Gasteiger charge is 2.20. The van der Waals surface area contributed by atoms with E-state index in [1.165, 1.54) is 6.92 Å². The minimum atomic E-state index is -0.488. The molecule has 2 nitrogen and oxygen atoms in total. The largest absolute Gasteiger partial charge is 0.392 e. The molecule has 0 aliphatic rings. The van der Waals surface area contributed by atoms with Crippen molar-refractivity contribution >= 4 is 5.78 Å². The molecule has 0 radical (unpaired) electrons. The summed E-state index contributed by atoms with van der Waals surface area (Å²) in [6.45, 7) is 7.08. The summed E-state index contributed by atoms with van der Waals surface area (Å²) in [7, 11) is 0. The molecule has 2 heteroatoms. The fraction of sp³-hybridized carbons (Fsp3) is 0.875. The van der Waals surface area contributed by atoms with Crippen molar-refractivity contribution in [2.75, 3.05) is 0 Å². The topological polar surface area (TPSA) is 37.3 Å². The Morgan fingerprint density at radius 1 is 1.30 bits per heavy atom. The normalized spacial score (nSPS) is 17.0. The molecule has 60 valence electrons. The lowest BCUT2D eigenvalue weighted by atomic mass is 9.92. The lowest BCUT2D eigenvalue weighted by Gasteiger charge is -2.19. The number of rotatable bonds is 3. The highest BCUT2D eigenvalue weighted by molar-refractivity contribution is 5.78. The number of carbonyl (C=O) groups is 1. The molecule has 10 heavy (non-hydrogen) atoms. The van der Waals surface area contributed by atoms with E-state index in [-0.39, 0.29) is 17.6 Å². The Morgan fingerprint density at radius 2 is 1.70 bits per heavy atom. The molecule has 0 aliphatic heterocycles. The van der Waals surface area contributed by atoms with Crippen LogP contribution in [0.5, 0.6) is 0 Å². The fourth-order valence-corrected chi connectivity index (χ4v) is 0.818. The molecular formula is C8H16O2. The van der Waals surface area contributed by atoms with Gasteiger partial charge in [-0.2, -0.15) is 0 Å². The number of Topliss-reactive ketones (excluding diaryl/α,β-unsaturated/α-hetero) is 1. The number of hydrogen-bond donors (Lipinski definition) is 1. The first kappa shape index (κ1) is 9.63. The fourth-order valence-electron chi connectivity index (χ4n) is 0.818. The lowest BCUT2D eigenvalue weighted by molar-refractivity contribution is -0.124. The molecule has 0 unspecified atom stereocenters. The maximum Gasteiger partial charge on any atom is 0.135 e. The molecule has 0 aliphatic carbocycles. The molecule has 2 atom stereocenters. The SMILES string of the molecule is CC(=O)[C@@H](C)[C@@H](O)C(C)C. The number of carbonyl (C=O) groups excluding carboxylic acids is 1. The average Bonchev–Trinajstić information content (AvgIpc) is 1.84. The summed E-state index contributed by atoms with van der Waals surface area (Å²) in [4.78, 5) is 10.7. The summed E-state index contributed by atoms with van der Waals surface area (Å²) in [5.74, 6) is 0.0000926. The summed E-state index contributed by atoms with van der Waals surface area (Å²) < 4.78 is 0. The van der Waals surface area contributed by atoms with Gasteiger partial charge in [0.2, 0.25) is 0 Å². The molecule has 1 N–H and O–H groups in total. The highest BCUT2D eigenvalue weighted by atomic mass is 16.3. The van der Waals surface area contributed by atoms with Crippen LogP contribution in [0.25, 0.3) is 0 Å². The first-order chi connectivity index (χ1) is 4.46. The maximum atomic E-state index is 10.7. The predicted molar refractivity (Wildman–Crippen MR) is 40.7 cm³/mol. The van der Waals surface area contributed by atoms with Gasteiger partial charge in [-0.25, -0.2) is 0 Å². The Kier molecular flexibility index (Phi) is 3.58. The van der Waals surface area contributed by atoms with Crippen LogP contribution in [-0.4, -0.2) is 17.0 Å². The summed E-state index contributed by atoms with van der Waals surface area (Å²) in [6.07, 6.45) is -0.488. The second-order valence-electron chi connectivity index (χ2n) is 3.13. The molecule has 0 spiro atoms. The van der Waals surface area contributed by atoms with E-state index in [1.54, 1.807) is 6.92 Å². The van der Waals surface area contributed by atoms with Crippen LogP contribution in [0.2, 0.25) is 0 Å². The van der Waals surface area contributed by atoms with Crippen molar-refractivity contribution in [2.45, 2.75) is 33.8 Å². The minimum Gasteiger partial charge on any atom is -0.392 e. The molecule has 0 aromatic heterocycles. The molecular weight excluding hydrogens is 128 g/mol. The number of aliphatic hydroxyl groups is 1. The van der Waals surface area contributed by atoms with Crippen molar-refractivity contribution in [3.05, 3.63) is 0 Å². The Bertz CT molecular complexity index is 118. The molecule has 0 rings (SSSR count). The van der Waals surface area contributed by atoms with Crippen molar-refractivity contribution in [1.29, 1.82) is 0 Å². The predicted octanol–water partition coefficient (Wildman–Crippen LogP) is 1.23. The Labute approximate surface area is 62.2 Å².